The predicted octanol–water partition coefficient (Wildman–Crippen LogP) is 2.77. The van der Waals surface area contributed by atoms with Crippen molar-refractivity contribution in [3.63, 3.8) is 0 Å². The molecule has 1 aromatic carbocycles. The van der Waals surface area contributed by atoms with Gasteiger partial charge in [0, 0.05) is 25.7 Å². The molecule has 11 heteroatoms. The first-order valence-electron chi connectivity index (χ1n) is 10.3. The molecule has 2 heterocycles. The lowest BCUT2D eigenvalue weighted by Crippen LogP contribution is -2.44. The zero-order valence-corrected chi connectivity index (χ0v) is 21.5. The van der Waals surface area contributed by atoms with Crippen molar-refractivity contribution in [2.75, 3.05) is 27.2 Å². The van der Waals surface area contributed by atoms with Crippen LogP contribution in [0.15, 0.2) is 29.3 Å². The van der Waals surface area contributed by atoms with Crippen LogP contribution in [0, 0.1) is 0 Å². The molecule has 0 saturated carbocycles. The van der Waals surface area contributed by atoms with Crippen LogP contribution in [0.2, 0.25) is 0 Å². The molecule has 1 amide bonds. The summed E-state index contributed by atoms with van der Waals surface area (Å²) >= 11 is 0. The lowest BCUT2D eigenvalue weighted by molar-refractivity contribution is 0.0507. The number of alkyl carbamates (subject to hydrolysis) is 1. The largest absolute Gasteiger partial charge is 0.497 e. The molecule has 3 rings (SSSR count). The predicted molar refractivity (Wildman–Crippen MR) is 133 cm³/mol. The maximum Gasteiger partial charge on any atom is 0.407 e. The normalized spacial score (nSPS) is 16.3. The van der Waals surface area contributed by atoms with E-state index in [0.29, 0.717) is 24.7 Å². The number of amides is 1. The number of likely N-dealkylation sites (tertiary alicyclic amines) is 1. The fourth-order valence-electron chi connectivity index (χ4n) is 3.28. The van der Waals surface area contributed by atoms with Crippen molar-refractivity contribution in [3.05, 3.63) is 30.1 Å². The van der Waals surface area contributed by atoms with Gasteiger partial charge < -0.3 is 25.0 Å². The second-order valence-corrected chi connectivity index (χ2v) is 8.31. The van der Waals surface area contributed by atoms with Crippen molar-refractivity contribution in [1.29, 1.82) is 0 Å². The minimum atomic E-state index is -0.512. The Morgan fingerprint density at radius 2 is 2.03 bits per heavy atom. The number of H-pyrrole nitrogens is 1. The van der Waals surface area contributed by atoms with Gasteiger partial charge in [0.25, 0.3) is 0 Å². The molecule has 3 N–H and O–H groups in total. The van der Waals surface area contributed by atoms with Gasteiger partial charge in [-0.1, -0.05) is 0 Å². The van der Waals surface area contributed by atoms with Crippen LogP contribution >= 0.6 is 24.0 Å². The van der Waals surface area contributed by atoms with Crippen LogP contribution in [0.25, 0.3) is 11.4 Å². The third kappa shape index (κ3) is 7.24. The first kappa shape index (κ1) is 25.7. The number of rotatable bonds is 5. The number of benzene rings is 1. The molecule has 1 atom stereocenters. The van der Waals surface area contributed by atoms with Crippen LogP contribution < -0.4 is 15.4 Å². The SMILES string of the molecule is CN=C(NCc1nc(-c2ccc(OC)cc2)n[nH]1)N1CCC(NC(=O)OC(C)(C)C)C1.I. The summed E-state index contributed by atoms with van der Waals surface area (Å²) in [5, 5.41) is 13.5. The summed E-state index contributed by atoms with van der Waals surface area (Å²) in [7, 11) is 3.37. The van der Waals surface area contributed by atoms with E-state index < -0.39 is 11.7 Å². The molecular formula is C21H32IN7O3. The maximum atomic E-state index is 12.0. The van der Waals surface area contributed by atoms with Crippen LogP contribution in [0.4, 0.5) is 4.79 Å². The van der Waals surface area contributed by atoms with E-state index >= 15 is 0 Å². The maximum absolute atomic E-state index is 12.0. The van der Waals surface area contributed by atoms with Crippen LogP contribution in [-0.2, 0) is 11.3 Å². The van der Waals surface area contributed by atoms with Gasteiger partial charge in [0.2, 0.25) is 0 Å². The number of carbonyl (C=O) groups is 1. The van der Waals surface area contributed by atoms with E-state index in [9.17, 15) is 4.79 Å². The summed E-state index contributed by atoms with van der Waals surface area (Å²) in [6.45, 7) is 7.45. The average Bonchev–Trinajstić information content (AvgIpc) is 3.37. The summed E-state index contributed by atoms with van der Waals surface area (Å²) in [5.74, 6) is 2.86. The van der Waals surface area contributed by atoms with E-state index in [1.165, 1.54) is 0 Å². The Morgan fingerprint density at radius 1 is 1.31 bits per heavy atom. The number of aromatic amines is 1. The van der Waals surface area contributed by atoms with Crippen molar-refractivity contribution >= 4 is 36.0 Å². The number of hydrogen-bond donors (Lipinski definition) is 3. The summed E-state index contributed by atoms with van der Waals surface area (Å²) in [5.41, 5.74) is 0.394. The monoisotopic (exact) mass is 557 g/mol. The number of aliphatic imine (C=N–C) groups is 1. The third-order valence-electron chi connectivity index (χ3n) is 4.71. The molecule has 0 radical (unpaired) electrons. The van der Waals surface area contributed by atoms with Gasteiger partial charge in [-0.3, -0.25) is 10.1 Å². The lowest BCUT2D eigenvalue weighted by Gasteiger charge is -2.23. The minimum absolute atomic E-state index is 0. The van der Waals surface area contributed by atoms with Gasteiger partial charge in [0.15, 0.2) is 11.8 Å². The fourth-order valence-corrected chi connectivity index (χ4v) is 3.28. The van der Waals surface area contributed by atoms with Gasteiger partial charge in [-0.15, -0.1) is 24.0 Å². The molecule has 0 spiro atoms. The Hall–Kier alpha value is -2.57. The number of aromatic nitrogens is 3. The zero-order chi connectivity index (χ0) is 22.4. The van der Waals surface area contributed by atoms with E-state index in [4.69, 9.17) is 9.47 Å². The zero-order valence-electron chi connectivity index (χ0n) is 19.1. The number of methoxy groups -OCH3 is 1. The van der Waals surface area contributed by atoms with Gasteiger partial charge in [0.1, 0.15) is 17.2 Å². The van der Waals surface area contributed by atoms with Gasteiger partial charge in [0.05, 0.1) is 19.7 Å². The second kappa shape index (κ2) is 11.3. The Labute approximate surface area is 205 Å². The molecule has 10 nitrogen and oxygen atoms in total. The highest BCUT2D eigenvalue weighted by atomic mass is 127. The second-order valence-electron chi connectivity index (χ2n) is 8.31. The van der Waals surface area contributed by atoms with Gasteiger partial charge >= 0.3 is 6.09 Å². The van der Waals surface area contributed by atoms with Crippen LogP contribution in [0.1, 0.15) is 33.0 Å². The molecule has 1 aromatic heterocycles. The molecule has 1 saturated heterocycles. The smallest absolute Gasteiger partial charge is 0.407 e. The highest BCUT2D eigenvalue weighted by molar-refractivity contribution is 14.0. The Kier molecular flexibility index (Phi) is 9.10. The number of nitrogens with zero attached hydrogens (tertiary/aromatic N) is 4. The number of hydrogen-bond acceptors (Lipinski definition) is 6. The topological polar surface area (TPSA) is 117 Å². The van der Waals surface area contributed by atoms with Gasteiger partial charge in [-0.25, -0.2) is 9.78 Å². The van der Waals surface area contributed by atoms with E-state index in [0.717, 1.165) is 30.2 Å². The Bertz CT molecular complexity index is 909. The van der Waals surface area contributed by atoms with Crippen LogP contribution in [-0.4, -0.2) is 71.0 Å². The molecule has 176 valence electrons. The minimum Gasteiger partial charge on any atom is -0.497 e. The third-order valence-corrected chi connectivity index (χ3v) is 4.71. The van der Waals surface area contributed by atoms with E-state index in [1.807, 2.05) is 45.0 Å². The highest BCUT2D eigenvalue weighted by Gasteiger charge is 2.27. The molecular weight excluding hydrogens is 525 g/mol. The number of guanidine groups is 1. The van der Waals surface area contributed by atoms with Crippen molar-refractivity contribution in [2.24, 2.45) is 4.99 Å². The number of halogens is 1. The molecule has 1 aliphatic rings. The summed E-state index contributed by atoms with van der Waals surface area (Å²) in [6, 6.07) is 7.60. The van der Waals surface area contributed by atoms with Crippen molar-refractivity contribution < 1.29 is 14.3 Å². The standard InChI is InChI=1S/C21H31N7O3.HI/c1-21(2,3)31-20(29)24-15-10-11-28(13-15)19(22-4)23-12-17-25-18(27-26-17)14-6-8-16(30-5)9-7-14;/h6-9,15H,10-13H2,1-5H3,(H,22,23)(H,24,29)(H,25,26,27);1H. The quantitative estimate of drug-likeness (QED) is 0.294. The average molecular weight is 557 g/mol. The van der Waals surface area contributed by atoms with Crippen molar-refractivity contribution in [1.82, 2.24) is 30.7 Å². The van der Waals surface area contributed by atoms with Gasteiger partial charge in [-0.05, 0) is 51.5 Å². The fraction of sp³-hybridized carbons (Fsp3) is 0.524. The first-order chi connectivity index (χ1) is 14.8. The first-order valence-corrected chi connectivity index (χ1v) is 10.3. The number of carbonyl (C=O) groups excluding carboxylic acids is 1. The van der Waals surface area contributed by atoms with Crippen LogP contribution in [0.5, 0.6) is 5.75 Å². The molecule has 1 unspecified atom stereocenters. The van der Waals surface area contributed by atoms with Crippen LogP contribution in [0.3, 0.4) is 0 Å². The molecule has 1 fully saturated rings. The number of nitrogens with one attached hydrogen (secondary N) is 3. The van der Waals surface area contributed by atoms with Crippen molar-refractivity contribution in [3.8, 4) is 17.1 Å². The molecule has 1 aliphatic heterocycles. The lowest BCUT2D eigenvalue weighted by atomic mass is 10.2. The van der Waals surface area contributed by atoms with Crippen molar-refractivity contribution in [2.45, 2.75) is 45.4 Å². The molecule has 0 aliphatic carbocycles. The summed E-state index contributed by atoms with van der Waals surface area (Å²) in [6.07, 6.45) is 0.430. The highest BCUT2D eigenvalue weighted by Crippen LogP contribution is 2.19. The molecule has 2 aromatic rings. The van der Waals surface area contributed by atoms with Gasteiger partial charge in [-0.2, -0.15) is 5.10 Å². The molecule has 32 heavy (non-hydrogen) atoms. The van der Waals surface area contributed by atoms with E-state index in [1.54, 1.807) is 14.2 Å². The Morgan fingerprint density at radius 3 is 2.66 bits per heavy atom. The van der Waals surface area contributed by atoms with E-state index in [-0.39, 0.29) is 30.0 Å². The number of ether oxygens (including phenoxy) is 2. The Balaban J connectivity index is 0.00000363. The molecule has 0 bridgehead atoms. The summed E-state index contributed by atoms with van der Waals surface area (Å²) < 4.78 is 10.5. The summed E-state index contributed by atoms with van der Waals surface area (Å²) in [4.78, 5) is 23.0. The van der Waals surface area contributed by atoms with E-state index in [2.05, 4.69) is 35.7 Å².